The normalized spacial score (nSPS) is 16.0. The minimum absolute atomic E-state index is 0. The van der Waals surface area contributed by atoms with Crippen LogP contribution in [0.3, 0.4) is 0 Å². The molecule has 0 bridgehead atoms. The zero-order valence-electron chi connectivity index (χ0n) is 14.1. The van der Waals surface area contributed by atoms with Crippen molar-refractivity contribution in [2.24, 2.45) is 4.99 Å². The summed E-state index contributed by atoms with van der Waals surface area (Å²) in [5.41, 5.74) is 1.35. The molecule has 23 heavy (non-hydrogen) atoms. The summed E-state index contributed by atoms with van der Waals surface area (Å²) in [5.74, 6) is 0.888. The molecule has 5 nitrogen and oxygen atoms in total. The van der Waals surface area contributed by atoms with E-state index < -0.39 is 0 Å². The van der Waals surface area contributed by atoms with E-state index in [2.05, 4.69) is 38.9 Å². The summed E-state index contributed by atoms with van der Waals surface area (Å²) in [5, 5.41) is 8.90. The van der Waals surface area contributed by atoms with Gasteiger partial charge in [0.05, 0.1) is 19.8 Å². The third kappa shape index (κ3) is 7.82. The zero-order chi connectivity index (χ0) is 15.6. The molecule has 0 aromatic carbocycles. The molecule has 132 valence electrons. The second-order valence-corrected chi connectivity index (χ2v) is 6.54. The van der Waals surface area contributed by atoms with Crippen LogP contribution in [0.5, 0.6) is 0 Å². The van der Waals surface area contributed by atoms with E-state index in [0.29, 0.717) is 0 Å². The average molecular weight is 452 g/mol. The first-order chi connectivity index (χ1) is 10.8. The summed E-state index contributed by atoms with van der Waals surface area (Å²) in [6.07, 6.45) is 2.38. The lowest BCUT2D eigenvalue weighted by molar-refractivity contribution is 0.0372. The van der Waals surface area contributed by atoms with Crippen molar-refractivity contribution in [2.45, 2.75) is 26.3 Å². The number of aryl methyl sites for hydroxylation is 1. The van der Waals surface area contributed by atoms with Crippen LogP contribution >= 0.6 is 35.3 Å². The van der Waals surface area contributed by atoms with Gasteiger partial charge in [0, 0.05) is 31.6 Å². The first-order valence-corrected chi connectivity index (χ1v) is 8.95. The van der Waals surface area contributed by atoms with Crippen LogP contribution in [0.1, 0.15) is 23.3 Å². The maximum absolute atomic E-state index is 5.36. The summed E-state index contributed by atoms with van der Waals surface area (Å²) in [4.78, 5) is 8.13. The molecule has 2 rings (SSSR count). The molecule has 1 fully saturated rings. The van der Waals surface area contributed by atoms with Gasteiger partial charge in [0.15, 0.2) is 5.96 Å². The van der Waals surface area contributed by atoms with Gasteiger partial charge in [-0.2, -0.15) is 0 Å². The first kappa shape index (κ1) is 20.7. The van der Waals surface area contributed by atoms with Gasteiger partial charge in [-0.05, 0) is 43.3 Å². The van der Waals surface area contributed by atoms with Gasteiger partial charge in [0.1, 0.15) is 0 Å². The number of rotatable bonds is 7. The van der Waals surface area contributed by atoms with Crippen LogP contribution in [-0.2, 0) is 11.3 Å². The van der Waals surface area contributed by atoms with Gasteiger partial charge < -0.3 is 15.4 Å². The van der Waals surface area contributed by atoms with Crippen molar-refractivity contribution in [3.63, 3.8) is 0 Å². The molecule has 2 N–H and O–H groups in total. The minimum Gasteiger partial charge on any atom is -0.379 e. The Kier molecular flexibility index (Phi) is 10.8. The molecular formula is C16H29IN4OS. The Bertz CT molecular complexity index is 461. The third-order valence-electron chi connectivity index (χ3n) is 3.91. The summed E-state index contributed by atoms with van der Waals surface area (Å²) in [6, 6.07) is 2.16. The molecule has 1 aromatic rings. The van der Waals surface area contributed by atoms with Gasteiger partial charge in [-0.1, -0.05) is 0 Å². The molecule has 0 unspecified atom stereocenters. The topological polar surface area (TPSA) is 48.9 Å². The fourth-order valence-electron chi connectivity index (χ4n) is 2.46. The quantitative estimate of drug-likeness (QED) is 0.289. The van der Waals surface area contributed by atoms with E-state index in [1.54, 1.807) is 11.3 Å². The number of nitrogens with zero attached hydrogens (tertiary/aromatic N) is 2. The average Bonchev–Trinajstić information content (AvgIpc) is 2.96. The zero-order valence-corrected chi connectivity index (χ0v) is 17.3. The highest BCUT2D eigenvalue weighted by Gasteiger charge is 2.09. The summed E-state index contributed by atoms with van der Waals surface area (Å²) >= 11 is 1.79. The van der Waals surface area contributed by atoms with Crippen molar-refractivity contribution in [1.29, 1.82) is 0 Å². The van der Waals surface area contributed by atoms with Gasteiger partial charge in [-0.15, -0.1) is 35.3 Å². The standard InChI is InChI=1S/C16H28N4OS.HI/c1-14-5-12-22-15(14)13-19-16(17-2)18-6-3-4-7-20-8-10-21-11-9-20;/h5,12H,3-4,6-11,13H2,1-2H3,(H2,17,18,19);1H. The second-order valence-electron chi connectivity index (χ2n) is 5.54. The Hall–Kier alpha value is -0.380. The van der Waals surface area contributed by atoms with Crippen LogP contribution in [0.2, 0.25) is 0 Å². The molecule has 0 saturated carbocycles. The molecule has 0 aliphatic carbocycles. The molecule has 7 heteroatoms. The third-order valence-corrected chi connectivity index (χ3v) is 4.93. The Balaban J connectivity index is 0.00000264. The van der Waals surface area contributed by atoms with Crippen molar-refractivity contribution in [1.82, 2.24) is 15.5 Å². The maximum Gasteiger partial charge on any atom is 0.191 e. The van der Waals surface area contributed by atoms with Crippen molar-refractivity contribution >= 4 is 41.3 Å². The number of hydrogen-bond donors (Lipinski definition) is 2. The molecule has 2 heterocycles. The van der Waals surface area contributed by atoms with E-state index in [4.69, 9.17) is 4.74 Å². The lowest BCUT2D eigenvalue weighted by atomic mass is 10.2. The summed E-state index contributed by atoms with van der Waals surface area (Å²) in [6.45, 7) is 9.06. The van der Waals surface area contributed by atoms with E-state index in [-0.39, 0.29) is 24.0 Å². The number of hydrogen-bond acceptors (Lipinski definition) is 4. The predicted octanol–water partition coefficient (Wildman–Crippen LogP) is 2.45. The van der Waals surface area contributed by atoms with Crippen LogP contribution in [0.25, 0.3) is 0 Å². The smallest absolute Gasteiger partial charge is 0.191 e. The Morgan fingerprint density at radius 3 is 2.74 bits per heavy atom. The SMILES string of the molecule is CN=C(NCCCCN1CCOCC1)NCc1sccc1C.I. The summed E-state index contributed by atoms with van der Waals surface area (Å²) in [7, 11) is 1.82. The molecule has 1 aliphatic rings. The van der Waals surface area contributed by atoms with Crippen LogP contribution in [0, 0.1) is 6.92 Å². The first-order valence-electron chi connectivity index (χ1n) is 8.07. The largest absolute Gasteiger partial charge is 0.379 e. The second kappa shape index (κ2) is 12.0. The van der Waals surface area contributed by atoms with Crippen LogP contribution < -0.4 is 10.6 Å². The molecule has 0 amide bonds. The van der Waals surface area contributed by atoms with Gasteiger partial charge in [-0.3, -0.25) is 9.89 Å². The van der Waals surface area contributed by atoms with Gasteiger partial charge in [0.25, 0.3) is 0 Å². The van der Waals surface area contributed by atoms with Crippen molar-refractivity contribution in [2.75, 3.05) is 46.4 Å². The predicted molar refractivity (Wildman–Crippen MR) is 109 cm³/mol. The fraction of sp³-hybridized carbons (Fsp3) is 0.688. The van der Waals surface area contributed by atoms with Crippen LogP contribution in [-0.4, -0.2) is 57.3 Å². The van der Waals surface area contributed by atoms with Crippen LogP contribution in [0.15, 0.2) is 16.4 Å². The molecule has 0 spiro atoms. The van der Waals surface area contributed by atoms with E-state index in [1.165, 1.54) is 23.4 Å². The molecule has 1 aliphatic heterocycles. The van der Waals surface area contributed by atoms with Crippen molar-refractivity contribution < 1.29 is 4.74 Å². The molecular weight excluding hydrogens is 423 g/mol. The molecule has 1 saturated heterocycles. The number of aliphatic imine (C=N–C) groups is 1. The number of nitrogens with one attached hydrogen (secondary N) is 2. The van der Waals surface area contributed by atoms with E-state index in [9.17, 15) is 0 Å². The van der Waals surface area contributed by atoms with E-state index in [0.717, 1.165) is 51.8 Å². The summed E-state index contributed by atoms with van der Waals surface area (Å²) < 4.78 is 5.36. The number of ether oxygens (including phenoxy) is 1. The highest BCUT2D eigenvalue weighted by molar-refractivity contribution is 14.0. The number of guanidine groups is 1. The lowest BCUT2D eigenvalue weighted by Crippen LogP contribution is -2.38. The monoisotopic (exact) mass is 452 g/mol. The van der Waals surface area contributed by atoms with Crippen molar-refractivity contribution in [3.8, 4) is 0 Å². The Labute approximate surface area is 160 Å². The lowest BCUT2D eigenvalue weighted by Gasteiger charge is -2.26. The van der Waals surface area contributed by atoms with E-state index >= 15 is 0 Å². The number of thiophene rings is 1. The fourth-order valence-corrected chi connectivity index (χ4v) is 3.31. The number of morpholine rings is 1. The van der Waals surface area contributed by atoms with Gasteiger partial charge in [-0.25, -0.2) is 0 Å². The molecule has 1 aromatic heterocycles. The Morgan fingerprint density at radius 1 is 1.30 bits per heavy atom. The Morgan fingerprint density at radius 2 is 2.09 bits per heavy atom. The highest BCUT2D eigenvalue weighted by atomic mass is 127. The van der Waals surface area contributed by atoms with Crippen LogP contribution in [0.4, 0.5) is 0 Å². The number of unbranched alkanes of at least 4 members (excludes halogenated alkanes) is 1. The molecule has 0 atom stereocenters. The minimum atomic E-state index is 0. The highest BCUT2D eigenvalue weighted by Crippen LogP contribution is 2.14. The van der Waals surface area contributed by atoms with E-state index in [1.807, 2.05) is 7.05 Å². The number of halogens is 1. The molecule has 0 radical (unpaired) electrons. The maximum atomic E-state index is 5.36. The van der Waals surface area contributed by atoms with Crippen molar-refractivity contribution in [3.05, 3.63) is 21.9 Å². The van der Waals surface area contributed by atoms with Gasteiger partial charge >= 0.3 is 0 Å². The van der Waals surface area contributed by atoms with Gasteiger partial charge in [0.2, 0.25) is 0 Å².